The molecule has 0 radical (unpaired) electrons. The van der Waals surface area contributed by atoms with Crippen molar-refractivity contribution in [1.82, 2.24) is 0 Å². The number of hydrogen-bond donors (Lipinski definition) is 1. The van der Waals surface area contributed by atoms with Crippen LogP contribution in [0, 0.1) is 5.92 Å². The van der Waals surface area contributed by atoms with Crippen LogP contribution in [0.2, 0.25) is 0 Å². The van der Waals surface area contributed by atoms with Crippen LogP contribution in [0.4, 0.5) is 0 Å². The molecule has 2 heteroatoms. The molecular formula is C13H20OS. The van der Waals surface area contributed by atoms with E-state index in [1.807, 2.05) is 11.8 Å². The van der Waals surface area contributed by atoms with E-state index in [9.17, 15) is 0 Å². The SMILES string of the molecule is CC(CO)CSc1ccc(C(C)C)cc1. The molecule has 1 atom stereocenters. The zero-order valence-corrected chi connectivity index (χ0v) is 10.6. The van der Waals surface area contributed by atoms with Crippen LogP contribution < -0.4 is 0 Å². The Morgan fingerprint density at radius 1 is 1.13 bits per heavy atom. The van der Waals surface area contributed by atoms with Crippen molar-refractivity contribution < 1.29 is 5.11 Å². The van der Waals surface area contributed by atoms with Gasteiger partial charge in [-0.05, 0) is 29.5 Å². The Morgan fingerprint density at radius 2 is 1.73 bits per heavy atom. The predicted octanol–water partition coefficient (Wildman–Crippen LogP) is 3.53. The van der Waals surface area contributed by atoms with Crippen LogP contribution in [0.3, 0.4) is 0 Å². The van der Waals surface area contributed by atoms with E-state index in [-0.39, 0.29) is 6.61 Å². The number of aliphatic hydroxyl groups is 1. The largest absolute Gasteiger partial charge is 0.396 e. The molecule has 1 nitrogen and oxygen atoms in total. The van der Waals surface area contributed by atoms with E-state index < -0.39 is 0 Å². The summed E-state index contributed by atoms with van der Waals surface area (Å²) in [5.74, 6) is 1.96. The molecule has 1 aromatic carbocycles. The average Bonchev–Trinajstić information content (AvgIpc) is 2.26. The fourth-order valence-electron chi connectivity index (χ4n) is 1.24. The Balaban J connectivity index is 2.50. The van der Waals surface area contributed by atoms with Gasteiger partial charge in [-0.25, -0.2) is 0 Å². The number of rotatable bonds is 5. The fourth-order valence-corrected chi connectivity index (χ4v) is 2.15. The molecule has 0 aromatic heterocycles. The zero-order valence-electron chi connectivity index (χ0n) is 9.73. The molecule has 0 fully saturated rings. The first-order chi connectivity index (χ1) is 7.13. The second kappa shape index (κ2) is 6.19. The highest BCUT2D eigenvalue weighted by Crippen LogP contribution is 2.23. The second-order valence-electron chi connectivity index (χ2n) is 4.32. The Bertz CT molecular complexity index is 279. The average molecular weight is 224 g/mol. The van der Waals surface area contributed by atoms with Crippen molar-refractivity contribution >= 4 is 11.8 Å². The molecule has 0 spiro atoms. The molecule has 84 valence electrons. The molecule has 1 aromatic rings. The Kier molecular flexibility index (Phi) is 5.20. The lowest BCUT2D eigenvalue weighted by Crippen LogP contribution is -2.02. The van der Waals surface area contributed by atoms with Crippen molar-refractivity contribution in [3.8, 4) is 0 Å². The Labute approximate surface area is 96.9 Å². The van der Waals surface area contributed by atoms with Crippen LogP contribution in [0.5, 0.6) is 0 Å². The molecule has 0 aliphatic heterocycles. The third-order valence-corrected chi connectivity index (χ3v) is 3.73. The minimum Gasteiger partial charge on any atom is -0.396 e. The van der Waals surface area contributed by atoms with Crippen molar-refractivity contribution in [3.63, 3.8) is 0 Å². The van der Waals surface area contributed by atoms with Gasteiger partial charge in [0.25, 0.3) is 0 Å². The van der Waals surface area contributed by atoms with Crippen LogP contribution in [0.25, 0.3) is 0 Å². The van der Waals surface area contributed by atoms with Gasteiger partial charge in [0.05, 0.1) is 0 Å². The Morgan fingerprint density at radius 3 is 2.20 bits per heavy atom. The summed E-state index contributed by atoms with van der Waals surface area (Å²) in [6, 6.07) is 8.72. The summed E-state index contributed by atoms with van der Waals surface area (Å²) >= 11 is 1.81. The zero-order chi connectivity index (χ0) is 11.3. The van der Waals surface area contributed by atoms with E-state index >= 15 is 0 Å². The lowest BCUT2D eigenvalue weighted by molar-refractivity contribution is 0.250. The maximum atomic E-state index is 8.92. The lowest BCUT2D eigenvalue weighted by atomic mass is 10.0. The first-order valence-corrected chi connectivity index (χ1v) is 6.45. The van der Waals surface area contributed by atoms with Gasteiger partial charge in [-0.2, -0.15) is 0 Å². The molecule has 0 aliphatic rings. The van der Waals surface area contributed by atoms with Gasteiger partial charge < -0.3 is 5.11 Å². The third kappa shape index (κ3) is 4.27. The lowest BCUT2D eigenvalue weighted by Gasteiger charge is -2.09. The van der Waals surface area contributed by atoms with Crippen LogP contribution in [-0.4, -0.2) is 17.5 Å². The van der Waals surface area contributed by atoms with Gasteiger partial charge in [0, 0.05) is 17.3 Å². The minimum atomic E-state index is 0.275. The molecule has 0 bridgehead atoms. The summed E-state index contributed by atoms with van der Waals surface area (Å²) in [4.78, 5) is 1.29. The highest BCUT2D eigenvalue weighted by atomic mass is 32.2. The predicted molar refractivity (Wildman–Crippen MR) is 67.5 cm³/mol. The standard InChI is InChI=1S/C13H20OS/c1-10(2)12-4-6-13(7-5-12)15-9-11(3)8-14/h4-7,10-11,14H,8-9H2,1-3H3. The van der Waals surface area contributed by atoms with Crippen LogP contribution in [-0.2, 0) is 0 Å². The van der Waals surface area contributed by atoms with Gasteiger partial charge in [-0.1, -0.05) is 32.9 Å². The molecule has 0 amide bonds. The summed E-state index contributed by atoms with van der Waals surface area (Å²) in [6.07, 6.45) is 0. The quantitative estimate of drug-likeness (QED) is 0.772. The van der Waals surface area contributed by atoms with Crippen molar-refractivity contribution in [2.75, 3.05) is 12.4 Å². The van der Waals surface area contributed by atoms with E-state index in [1.54, 1.807) is 0 Å². The number of benzene rings is 1. The van der Waals surface area contributed by atoms with Gasteiger partial charge in [0.1, 0.15) is 0 Å². The van der Waals surface area contributed by atoms with Crippen LogP contribution in [0.15, 0.2) is 29.2 Å². The molecule has 0 saturated heterocycles. The van der Waals surface area contributed by atoms with E-state index in [2.05, 4.69) is 45.0 Å². The maximum Gasteiger partial charge on any atom is 0.0464 e. The summed E-state index contributed by atoms with van der Waals surface area (Å²) in [6.45, 7) is 6.75. The van der Waals surface area contributed by atoms with Crippen molar-refractivity contribution in [1.29, 1.82) is 0 Å². The van der Waals surface area contributed by atoms with Crippen molar-refractivity contribution in [2.24, 2.45) is 5.92 Å². The minimum absolute atomic E-state index is 0.275. The number of hydrogen-bond acceptors (Lipinski definition) is 2. The maximum absolute atomic E-state index is 8.92. The van der Waals surface area contributed by atoms with E-state index in [0.717, 1.165) is 5.75 Å². The monoisotopic (exact) mass is 224 g/mol. The molecular weight excluding hydrogens is 204 g/mol. The molecule has 1 unspecified atom stereocenters. The summed E-state index contributed by atoms with van der Waals surface area (Å²) in [5.41, 5.74) is 1.38. The van der Waals surface area contributed by atoms with Gasteiger partial charge in [0.2, 0.25) is 0 Å². The first-order valence-electron chi connectivity index (χ1n) is 5.47. The number of thioether (sulfide) groups is 1. The molecule has 15 heavy (non-hydrogen) atoms. The van der Waals surface area contributed by atoms with Gasteiger partial charge in [-0.15, -0.1) is 11.8 Å². The van der Waals surface area contributed by atoms with E-state index in [0.29, 0.717) is 11.8 Å². The van der Waals surface area contributed by atoms with Crippen molar-refractivity contribution in [2.45, 2.75) is 31.6 Å². The van der Waals surface area contributed by atoms with E-state index in [4.69, 9.17) is 5.11 Å². The van der Waals surface area contributed by atoms with Crippen molar-refractivity contribution in [3.05, 3.63) is 29.8 Å². The highest BCUT2D eigenvalue weighted by Gasteiger charge is 2.02. The van der Waals surface area contributed by atoms with Gasteiger partial charge in [-0.3, -0.25) is 0 Å². The van der Waals surface area contributed by atoms with Crippen LogP contribution >= 0.6 is 11.8 Å². The van der Waals surface area contributed by atoms with E-state index in [1.165, 1.54) is 10.5 Å². The topological polar surface area (TPSA) is 20.2 Å². The summed E-state index contributed by atoms with van der Waals surface area (Å²) in [5, 5.41) is 8.92. The Hall–Kier alpha value is -0.470. The molecule has 0 aliphatic carbocycles. The first kappa shape index (κ1) is 12.6. The highest BCUT2D eigenvalue weighted by molar-refractivity contribution is 7.99. The summed E-state index contributed by atoms with van der Waals surface area (Å²) < 4.78 is 0. The number of aliphatic hydroxyl groups excluding tert-OH is 1. The normalized spacial score (nSPS) is 13.1. The second-order valence-corrected chi connectivity index (χ2v) is 5.42. The molecule has 0 saturated carbocycles. The smallest absolute Gasteiger partial charge is 0.0464 e. The van der Waals surface area contributed by atoms with Gasteiger partial charge >= 0.3 is 0 Å². The summed E-state index contributed by atoms with van der Waals surface area (Å²) in [7, 11) is 0. The molecule has 0 heterocycles. The van der Waals surface area contributed by atoms with Gasteiger partial charge in [0.15, 0.2) is 0 Å². The molecule has 1 N–H and O–H groups in total. The molecule has 1 rings (SSSR count). The van der Waals surface area contributed by atoms with Crippen LogP contribution in [0.1, 0.15) is 32.3 Å². The third-order valence-electron chi connectivity index (χ3n) is 2.39. The fraction of sp³-hybridized carbons (Fsp3) is 0.538.